The van der Waals surface area contributed by atoms with Gasteiger partial charge in [-0.15, -0.1) is 11.3 Å². The van der Waals surface area contributed by atoms with Crippen LogP contribution in [0.2, 0.25) is 0 Å². The number of nitrogens with zero attached hydrogens (tertiary/aromatic N) is 2. The molecule has 11 heteroatoms. The van der Waals surface area contributed by atoms with Crippen LogP contribution in [0, 0.1) is 0 Å². The summed E-state index contributed by atoms with van der Waals surface area (Å²) in [7, 11) is 1.58. The van der Waals surface area contributed by atoms with Crippen LogP contribution in [0.3, 0.4) is 0 Å². The van der Waals surface area contributed by atoms with Gasteiger partial charge in [-0.25, -0.2) is 9.78 Å². The highest BCUT2D eigenvalue weighted by molar-refractivity contribution is 7.13. The van der Waals surface area contributed by atoms with Crippen LogP contribution in [0.5, 0.6) is 0 Å². The van der Waals surface area contributed by atoms with E-state index in [2.05, 4.69) is 31.2 Å². The van der Waals surface area contributed by atoms with E-state index in [1.54, 1.807) is 25.5 Å². The normalized spacial score (nSPS) is 10.6. The largest absolute Gasteiger partial charge is 0.450 e. The Labute approximate surface area is 230 Å². The number of carbonyl (C=O) groups is 3. The number of carbonyl (C=O) groups excluding carboxylic acids is 3. The number of hydrogen-bond donors (Lipinski definition) is 4. The third kappa shape index (κ3) is 7.08. The number of alkyl carbamates (subject to hydrolysis) is 1. The van der Waals surface area contributed by atoms with Crippen LogP contribution in [0.15, 0.2) is 60.1 Å². The van der Waals surface area contributed by atoms with Crippen molar-refractivity contribution >= 4 is 51.5 Å². The fourth-order valence-electron chi connectivity index (χ4n) is 3.86. The minimum Gasteiger partial charge on any atom is -0.450 e. The highest BCUT2D eigenvalue weighted by atomic mass is 32.1. The second kappa shape index (κ2) is 13.3. The Morgan fingerprint density at radius 1 is 0.974 bits per heavy atom. The smallest absolute Gasteiger partial charge is 0.407 e. The zero-order chi connectivity index (χ0) is 27.6. The van der Waals surface area contributed by atoms with Crippen molar-refractivity contribution in [2.24, 2.45) is 0 Å². The van der Waals surface area contributed by atoms with Crippen molar-refractivity contribution in [2.45, 2.75) is 19.8 Å². The molecular formula is C28H30N6O4S. The van der Waals surface area contributed by atoms with Gasteiger partial charge in [0.25, 0.3) is 11.8 Å². The zero-order valence-electron chi connectivity index (χ0n) is 21.7. The third-order valence-electron chi connectivity index (χ3n) is 5.80. The molecule has 4 N–H and O–H groups in total. The van der Waals surface area contributed by atoms with Gasteiger partial charge < -0.3 is 26.0 Å². The number of aromatic nitrogens is 2. The standard InChI is InChI=1S/C28H30N6O4S/c1-3-38-28(37)31-14-8-7-13-30-26(36)23-17-39-27(34-23)18-11-12-22-20(15-18)24(21(16-32-22)25(35)29-2)33-19-9-5-4-6-10-19/h4-6,9-12,15-17H,3,7-8,13-14H2,1-2H3,(H,29,35)(H,30,36)(H,31,37)(H,32,33). The fraction of sp³-hybridized carbons (Fsp3) is 0.250. The van der Waals surface area contributed by atoms with E-state index in [0.29, 0.717) is 54.5 Å². The number of anilines is 2. The number of amides is 3. The lowest BCUT2D eigenvalue weighted by atomic mass is 10.1. The van der Waals surface area contributed by atoms with Gasteiger partial charge in [-0.2, -0.15) is 0 Å². The van der Waals surface area contributed by atoms with Crippen LogP contribution in [-0.4, -0.2) is 54.6 Å². The maximum Gasteiger partial charge on any atom is 0.407 e. The molecule has 0 aliphatic heterocycles. The molecule has 0 aliphatic carbocycles. The Morgan fingerprint density at radius 3 is 2.49 bits per heavy atom. The second-order valence-corrected chi connectivity index (χ2v) is 9.36. The summed E-state index contributed by atoms with van der Waals surface area (Å²) in [5.41, 5.74) is 3.76. The first-order valence-corrected chi connectivity index (χ1v) is 13.5. The Morgan fingerprint density at radius 2 is 1.74 bits per heavy atom. The Kier molecular flexibility index (Phi) is 9.41. The lowest BCUT2D eigenvalue weighted by Crippen LogP contribution is -2.27. The number of para-hydroxylation sites is 1. The molecule has 0 fully saturated rings. The van der Waals surface area contributed by atoms with Crippen molar-refractivity contribution in [3.63, 3.8) is 0 Å². The molecule has 202 valence electrons. The number of ether oxygens (including phenoxy) is 1. The molecule has 0 radical (unpaired) electrons. The topological polar surface area (TPSA) is 134 Å². The maximum atomic E-state index is 12.6. The van der Waals surface area contributed by atoms with Gasteiger partial charge in [-0.3, -0.25) is 14.6 Å². The first-order chi connectivity index (χ1) is 19.0. The van der Waals surface area contributed by atoms with Crippen LogP contribution in [0.1, 0.15) is 40.6 Å². The summed E-state index contributed by atoms with van der Waals surface area (Å²) < 4.78 is 4.81. The highest BCUT2D eigenvalue weighted by Gasteiger charge is 2.17. The van der Waals surface area contributed by atoms with Crippen molar-refractivity contribution < 1.29 is 19.1 Å². The average Bonchev–Trinajstić information content (AvgIpc) is 3.46. The number of thiazole rings is 1. The molecule has 2 aromatic heterocycles. The second-order valence-electron chi connectivity index (χ2n) is 8.50. The van der Waals surface area contributed by atoms with Crippen LogP contribution >= 0.6 is 11.3 Å². The zero-order valence-corrected chi connectivity index (χ0v) is 22.6. The minimum absolute atomic E-state index is 0.252. The molecule has 0 saturated heterocycles. The van der Waals surface area contributed by atoms with E-state index in [-0.39, 0.29) is 11.8 Å². The van der Waals surface area contributed by atoms with Gasteiger partial charge in [-0.1, -0.05) is 18.2 Å². The minimum atomic E-state index is -0.436. The molecular weight excluding hydrogens is 516 g/mol. The first-order valence-electron chi connectivity index (χ1n) is 12.6. The summed E-state index contributed by atoms with van der Waals surface area (Å²) in [6.07, 6.45) is 2.54. The average molecular weight is 547 g/mol. The molecule has 39 heavy (non-hydrogen) atoms. The molecule has 2 aromatic carbocycles. The third-order valence-corrected chi connectivity index (χ3v) is 6.69. The molecule has 4 rings (SSSR count). The molecule has 4 aromatic rings. The van der Waals surface area contributed by atoms with Crippen LogP contribution in [0.25, 0.3) is 21.5 Å². The van der Waals surface area contributed by atoms with Gasteiger partial charge in [-0.05, 0) is 50.1 Å². The first kappa shape index (κ1) is 27.5. The van der Waals surface area contributed by atoms with Gasteiger partial charge in [0.15, 0.2) is 0 Å². The van der Waals surface area contributed by atoms with Gasteiger partial charge in [0, 0.05) is 48.4 Å². The maximum absolute atomic E-state index is 12.6. The molecule has 0 saturated carbocycles. The van der Waals surface area contributed by atoms with Crippen LogP contribution in [0.4, 0.5) is 16.2 Å². The lowest BCUT2D eigenvalue weighted by molar-refractivity contribution is 0.0945. The summed E-state index contributed by atoms with van der Waals surface area (Å²) in [5.74, 6) is -0.509. The number of rotatable bonds is 11. The summed E-state index contributed by atoms with van der Waals surface area (Å²) in [4.78, 5) is 45.6. The van der Waals surface area contributed by atoms with Crippen LogP contribution in [-0.2, 0) is 4.74 Å². The fourth-order valence-corrected chi connectivity index (χ4v) is 4.66. The van der Waals surface area contributed by atoms with Crippen molar-refractivity contribution in [2.75, 3.05) is 32.1 Å². The van der Waals surface area contributed by atoms with Crippen molar-refractivity contribution in [1.29, 1.82) is 0 Å². The number of pyridine rings is 1. The molecule has 0 unspecified atom stereocenters. The predicted octanol–water partition coefficient (Wildman–Crippen LogP) is 4.72. The van der Waals surface area contributed by atoms with E-state index in [1.807, 2.05) is 48.5 Å². The van der Waals surface area contributed by atoms with Crippen molar-refractivity contribution in [3.8, 4) is 10.6 Å². The summed E-state index contributed by atoms with van der Waals surface area (Å²) >= 11 is 1.37. The van der Waals surface area contributed by atoms with Gasteiger partial charge in [0.2, 0.25) is 0 Å². The summed E-state index contributed by atoms with van der Waals surface area (Å²) in [6, 6.07) is 15.3. The van der Waals surface area contributed by atoms with E-state index in [4.69, 9.17) is 4.74 Å². The molecule has 0 bridgehead atoms. The van der Waals surface area contributed by atoms with Gasteiger partial charge in [0.1, 0.15) is 10.7 Å². The van der Waals surface area contributed by atoms with Gasteiger partial charge in [0.05, 0.1) is 23.4 Å². The molecule has 3 amide bonds. The summed E-state index contributed by atoms with van der Waals surface area (Å²) in [6.45, 7) is 3.03. The van der Waals surface area contributed by atoms with E-state index in [0.717, 1.165) is 22.2 Å². The van der Waals surface area contributed by atoms with E-state index >= 15 is 0 Å². The highest BCUT2D eigenvalue weighted by Crippen LogP contribution is 2.33. The quantitative estimate of drug-likeness (QED) is 0.200. The Bertz CT molecular complexity index is 1460. The molecule has 2 heterocycles. The van der Waals surface area contributed by atoms with Crippen molar-refractivity contribution in [3.05, 3.63) is 71.4 Å². The van der Waals surface area contributed by atoms with E-state index < -0.39 is 6.09 Å². The number of nitrogens with one attached hydrogen (secondary N) is 4. The molecule has 0 atom stereocenters. The van der Waals surface area contributed by atoms with Crippen molar-refractivity contribution in [1.82, 2.24) is 25.9 Å². The predicted molar refractivity (Wildman–Crippen MR) is 153 cm³/mol. The number of fused-ring (bicyclic) bond motifs is 1. The van der Waals surface area contributed by atoms with Crippen LogP contribution < -0.4 is 21.3 Å². The van der Waals surface area contributed by atoms with E-state index in [9.17, 15) is 14.4 Å². The molecule has 0 spiro atoms. The monoisotopic (exact) mass is 546 g/mol. The number of unbranched alkanes of at least 4 members (excludes halogenated alkanes) is 1. The molecule has 10 nitrogen and oxygen atoms in total. The van der Waals surface area contributed by atoms with Gasteiger partial charge >= 0.3 is 6.09 Å². The Hall–Kier alpha value is -4.51. The molecule has 0 aliphatic rings. The number of hydrogen-bond acceptors (Lipinski definition) is 8. The lowest BCUT2D eigenvalue weighted by Gasteiger charge is -2.14. The SMILES string of the molecule is CCOC(=O)NCCCCNC(=O)c1csc(-c2ccc3ncc(C(=O)NC)c(Nc4ccccc4)c3c2)n1. The summed E-state index contributed by atoms with van der Waals surface area (Å²) in [5, 5.41) is 14.7. The Balaban J connectivity index is 1.48. The van der Waals surface area contributed by atoms with E-state index in [1.165, 1.54) is 11.3 Å². The number of benzene rings is 2.